The number of halogens is 2. The van der Waals surface area contributed by atoms with Crippen molar-refractivity contribution < 1.29 is 19.1 Å². The molecule has 0 radical (unpaired) electrons. The zero-order valence-corrected chi connectivity index (χ0v) is 22.5. The maximum absolute atomic E-state index is 14.9. The Kier molecular flexibility index (Phi) is 7.29. The lowest BCUT2D eigenvalue weighted by Gasteiger charge is -2.22. The summed E-state index contributed by atoms with van der Waals surface area (Å²) in [6.07, 6.45) is 6.86. The van der Waals surface area contributed by atoms with E-state index in [-0.39, 0.29) is 33.2 Å². The van der Waals surface area contributed by atoms with Crippen LogP contribution >= 0.6 is 11.6 Å². The molecule has 2 aliphatic heterocycles. The van der Waals surface area contributed by atoms with Gasteiger partial charge in [0, 0.05) is 68.7 Å². The van der Waals surface area contributed by atoms with Crippen LogP contribution in [-0.4, -0.2) is 61.0 Å². The monoisotopic (exact) mass is 549 g/mol. The first-order valence-electron chi connectivity index (χ1n) is 12.6. The number of aromatic hydroxyl groups is 1. The number of nitrogens with zero attached hydrogens (tertiary/aromatic N) is 4. The van der Waals surface area contributed by atoms with Crippen LogP contribution in [-0.2, 0) is 9.59 Å². The number of phenols is 1. The van der Waals surface area contributed by atoms with Crippen LogP contribution in [0.1, 0.15) is 12.8 Å². The van der Waals surface area contributed by atoms with Gasteiger partial charge in [-0.3, -0.25) is 19.4 Å². The molecule has 8 nitrogen and oxygen atoms in total. The molecule has 0 aliphatic carbocycles. The van der Waals surface area contributed by atoms with Gasteiger partial charge in [-0.25, -0.2) is 9.37 Å². The van der Waals surface area contributed by atoms with Crippen molar-refractivity contribution in [1.82, 2.24) is 15.2 Å². The van der Waals surface area contributed by atoms with Gasteiger partial charge in [-0.1, -0.05) is 17.7 Å². The summed E-state index contributed by atoms with van der Waals surface area (Å²) in [7, 11) is 3.65. The Morgan fingerprint density at radius 2 is 1.87 bits per heavy atom. The first-order valence-corrected chi connectivity index (χ1v) is 13.0. The number of benzene rings is 2. The lowest BCUT2D eigenvalue weighted by Crippen LogP contribution is -2.30. The minimum absolute atomic E-state index is 0.00651. The number of aromatic nitrogens is 1. The van der Waals surface area contributed by atoms with E-state index in [9.17, 15) is 19.1 Å². The molecule has 1 aromatic heterocycles. The maximum atomic E-state index is 14.9. The molecule has 3 heterocycles. The average Bonchev–Trinajstić information content (AvgIpc) is 3.51. The Hall–Kier alpha value is -3.95. The number of hydrogen-bond acceptors (Lipinski definition) is 6. The molecule has 0 bridgehead atoms. The minimum Gasteiger partial charge on any atom is -0.507 e. The molecule has 1 atom stereocenters. The van der Waals surface area contributed by atoms with E-state index in [0.717, 1.165) is 19.5 Å². The summed E-state index contributed by atoms with van der Waals surface area (Å²) in [4.78, 5) is 33.7. The van der Waals surface area contributed by atoms with Crippen LogP contribution in [0.15, 0.2) is 61.1 Å². The summed E-state index contributed by atoms with van der Waals surface area (Å²) in [5.74, 6) is -0.208. The molecular weight excluding hydrogens is 521 g/mol. The van der Waals surface area contributed by atoms with Crippen LogP contribution in [0, 0.1) is 11.2 Å². The zero-order valence-electron chi connectivity index (χ0n) is 21.7. The number of hydrogen-bond donors (Lipinski definition) is 2. The van der Waals surface area contributed by atoms with E-state index in [1.54, 1.807) is 58.7 Å². The number of pyridine rings is 1. The molecule has 39 heavy (non-hydrogen) atoms. The van der Waals surface area contributed by atoms with E-state index in [0.29, 0.717) is 42.0 Å². The van der Waals surface area contributed by atoms with E-state index >= 15 is 0 Å². The number of rotatable bonds is 7. The van der Waals surface area contributed by atoms with Crippen LogP contribution in [0.3, 0.4) is 0 Å². The molecular formula is C29H29ClFN5O3. The summed E-state index contributed by atoms with van der Waals surface area (Å²) < 4.78 is 14.9. The molecule has 2 aliphatic rings. The highest BCUT2D eigenvalue weighted by Crippen LogP contribution is 2.43. The molecule has 2 amide bonds. The Labute approximate surface area is 231 Å². The summed E-state index contributed by atoms with van der Waals surface area (Å²) in [5, 5.41) is 14.8. The molecule has 1 unspecified atom stereocenters. The molecule has 10 heteroatoms. The number of nitrogens with one attached hydrogen (secondary N) is 1. The number of carbonyl (C=O) groups is 2. The first-order chi connectivity index (χ1) is 18.7. The summed E-state index contributed by atoms with van der Waals surface area (Å²) in [5.41, 5.74) is 1.86. The fraction of sp³-hybridized carbons (Fsp3) is 0.276. The van der Waals surface area contributed by atoms with Crippen molar-refractivity contribution in [2.24, 2.45) is 5.41 Å². The molecule has 1 spiro atoms. The second-order valence-corrected chi connectivity index (χ2v) is 10.7. The number of anilines is 2. The zero-order chi connectivity index (χ0) is 27.7. The van der Waals surface area contributed by atoms with E-state index in [1.807, 2.05) is 14.1 Å². The van der Waals surface area contributed by atoms with Gasteiger partial charge in [0.2, 0.25) is 12.3 Å². The third-order valence-corrected chi connectivity index (χ3v) is 7.54. The topological polar surface area (TPSA) is 89.0 Å². The number of phenolic OH excluding ortho intramolecular Hbond substituents is 1. The van der Waals surface area contributed by atoms with Crippen LogP contribution in [0.4, 0.5) is 15.9 Å². The second kappa shape index (κ2) is 10.7. The molecule has 5 rings (SSSR count). The molecule has 0 saturated carbocycles. The highest BCUT2D eigenvalue weighted by molar-refractivity contribution is 6.34. The maximum Gasteiger partial charge on any atom is 0.228 e. The first kappa shape index (κ1) is 26.6. The molecule has 202 valence electrons. The fourth-order valence-electron chi connectivity index (χ4n) is 5.22. The van der Waals surface area contributed by atoms with Gasteiger partial charge < -0.3 is 15.3 Å². The standard InChI is InChI=1S/C29H29ClFN5O3/c1-34(2)9-10-35(18-37)25-4-3-19(11-24(25)30)22-13-21(31)14-23(28(22)39)20-5-7-33-26(12-20)36-17-29(15-27(36)38)6-8-32-16-29/h3-5,7,9-14,18,32,39H,6,8,15-17H2,1-2H3/b10-9-. The SMILES string of the molecule is CN(C)/C=C\N(C=O)c1ccc(-c2cc(F)cc(-c3ccnc(N4CC5(CCNC5)CC4=O)c3)c2O)cc1Cl. The van der Waals surface area contributed by atoms with Crippen LogP contribution in [0.25, 0.3) is 22.3 Å². The normalized spacial score (nSPS) is 18.9. The second-order valence-electron chi connectivity index (χ2n) is 10.3. The highest BCUT2D eigenvalue weighted by Gasteiger charge is 2.45. The third-order valence-electron chi connectivity index (χ3n) is 7.24. The van der Waals surface area contributed by atoms with Gasteiger partial charge >= 0.3 is 0 Å². The van der Waals surface area contributed by atoms with Gasteiger partial charge in [0.15, 0.2) is 0 Å². The van der Waals surface area contributed by atoms with Gasteiger partial charge in [-0.05, 0) is 60.5 Å². The van der Waals surface area contributed by atoms with Crippen molar-refractivity contribution in [3.8, 4) is 28.0 Å². The predicted octanol–water partition coefficient (Wildman–Crippen LogP) is 4.63. The smallest absolute Gasteiger partial charge is 0.228 e. The predicted molar refractivity (Wildman–Crippen MR) is 150 cm³/mol. The Bertz CT molecular complexity index is 1450. The lowest BCUT2D eigenvalue weighted by atomic mass is 9.86. The Morgan fingerprint density at radius 1 is 1.13 bits per heavy atom. The van der Waals surface area contributed by atoms with Crippen LogP contribution in [0.5, 0.6) is 5.75 Å². The third kappa shape index (κ3) is 5.32. The summed E-state index contributed by atoms with van der Waals surface area (Å²) in [6, 6.07) is 10.7. The highest BCUT2D eigenvalue weighted by atomic mass is 35.5. The number of amides is 2. The van der Waals surface area contributed by atoms with Crippen molar-refractivity contribution in [2.75, 3.05) is 43.5 Å². The number of carbonyl (C=O) groups excluding carboxylic acids is 2. The van der Waals surface area contributed by atoms with Gasteiger partial charge in [0.05, 0.1) is 10.7 Å². The van der Waals surface area contributed by atoms with Gasteiger partial charge in [-0.2, -0.15) is 0 Å². The van der Waals surface area contributed by atoms with Crippen LogP contribution < -0.4 is 15.1 Å². The van der Waals surface area contributed by atoms with E-state index in [4.69, 9.17) is 11.6 Å². The molecule has 2 aromatic carbocycles. The van der Waals surface area contributed by atoms with Crippen molar-refractivity contribution in [3.05, 3.63) is 71.9 Å². The van der Waals surface area contributed by atoms with Gasteiger partial charge in [0.25, 0.3) is 0 Å². The van der Waals surface area contributed by atoms with Crippen LogP contribution in [0.2, 0.25) is 5.02 Å². The van der Waals surface area contributed by atoms with E-state index in [2.05, 4.69) is 10.3 Å². The molecule has 3 aromatic rings. The van der Waals surface area contributed by atoms with E-state index < -0.39 is 5.82 Å². The molecule has 2 fully saturated rings. The minimum atomic E-state index is -0.548. The largest absolute Gasteiger partial charge is 0.507 e. The van der Waals surface area contributed by atoms with Crippen molar-refractivity contribution in [3.63, 3.8) is 0 Å². The quantitative estimate of drug-likeness (QED) is 0.418. The van der Waals surface area contributed by atoms with Crippen molar-refractivity contribution in [2.45, 2.75) is 12.8 Å². The van der Waals surface area contributed by atoms with E-state index in [1.165, 1.54) is 17.0 Å². The molecule has 2 saturated heterocycles. The Balaban J connectivity index is 1.48. The fourth-order valence-corrected chi connectivity index (χ4v) is 5.50. The lowest BCUT2D eigenvalue weighted by molar-refractivity contribution is -0.117. The van der Waals surface area contributed by atoms with Gasteiger partial charge in [-0.15, -0.1) is 0 Å². The average molecular weight is 550 g/mol. The van der Waals surface area contributed by atoms with Crippen molar-refractivity contribution in [1.29, 1.82) is 0 Å². The summed E-state index contributed by atoms with van der Waals surface area (Å²) >= 11 is 6.50. The van der Waals surface area contributed by atoms with Gasteiger partial charge in [0.1, 0.15) is 17.4 Å². The molecule has 2 N–H and O–H groups in total. The van der Waals surface area contributed by atoms with Crippen molar-refractivity contribution >= 4 is 35.4 Å². The summed E-state index contributed by atoms with van der Waals surface area (Å²) in [6.45, 7) is 2.25. The Morgan fingerprint density at radius 3 is 2.51 bits per heavy atom.